The first-order valence-corrected chi connectivity index (χ1v) is 8.03. The van der Waals surface area contributed by atoms with Gasteiger partial charge in [0.25, 0.3) is 0 Å². The molecule has 0 unspecified atom stereocenters. The van der Waals surface area contributed by atoms with E-state index in [-0.39, 0.29) is 12.0 Å². The molecule has 1 aromatic carbocycles. The summed E-state index contributed by atoms with van der Waals surface area (Å²) in [6.45, 7) is 1.20. The molecule has 21 heavy (non-hydrogen) atoms. The minimum Gasteiger partial charge on any atom is -0.454 e. The molecule has 2 aliphatic heterocycles. The van der Waals surface area contributed by atoms with Crippen LogP contribution in [0.15, 0.2) is 18.2 Å². The zero-order valence-corrected chi connectivity index (χ0v) is 12.2. The Morgan fingerprint density at radius 2 is 1.86 bits per heavy atom. The van der Waals surface area contributed by atoms with Crippen molar-refractivity contribution in [2.45, 2.75) is 44.6 Å². The Morgan fingerprint density at radius 3 is 2.71 bits per heavy atom. The molecule has 1 aliphatic carbocycles. The number of fused-ring (bicyclic) bond motifs is 1. The molecule has 4 rings (SSSR count). The Morgan fingerprint density at radius 1 is 1.05 bits per heavy atom. The summed E-state index contributed by atoms with van der Waals surface area (Å²) in [5.41, 5.74) is 1.18. The van der Waals surface area contributed by atoms with Crippen LogP contribution in [0.1, 0.15) is 50.1 Å². The number of likely N-dealkylation sites (tertiary alicyclic amines) is 1. The van der Waals surface area contributed by atoms with E-state index in [1.807, 2.05) is 12.1 Å². The average molecular weight is 287 g/mol. The van der Waals surface area contributed by atoms with Crippen LogP contribution in [0.25, 0.3) is 0 Å². The van der Waals surface area contributed by atoms with Crippen molar-refractivity contribution in [3.63, 3.8) is 0 Å². The van der Waals surface area contributed by atoms with Gasteiger partial charge in [0.2, 0.25) is 12.7 Å². The number of hydrogen-bond donors (Lipinski definition) is 0. The maximum Gasteiger partial charge on any atom is 0.231 e. The maximum absolute atomic E-state index is 12.7. The summed E-state index contributed by atoms with van der Waals surface area (Å²) in [7, 11) is 0. The Balaban J connectivity index is 1.57. The highest BCUT2D eigenvalue weighted by molar-refractivity contribution is 5.80. The first-order valence-electron chi connectivity index (χ1n) is 8.03. The zero-order chi connectivity index (χ0) is 14.2. The van der Waals surface area contributed by atoms with Crippen LogP contribution in [-0.4, -0.2) is 24.1 Å². The van der Waals surface area contributed by atoms with Crippen molar-refractivity contribution >= 4 is 5.91 Å². The third-order valence-corrected chi connectivity index (χ3v) is 5.02. The van der Waals surface area contributed by atoms with Crippen LogP contribution < -0.4 is 9.47 Å². The van der Waals surface area contributed by atoms with Crippen LogP contribution in [0, 0.1) is 5.92 Å². The lowest BCUT2D eigenvalue weighted by molar-refractivity contribution is -0.136. The highest BCUT2D eigenvalue weighted by Crippen LogP contribution is 2.40. The predicted molar refractivity (Wildman–Crippen MR) is 78.2 cm³/mol. The molecule has 1 atom stereocenters. The molecule has 1 saturated carbocycles. The molecule has 0 N–H and O–H groups in total. The minimum absolute atomic E-state index is 0.215. The smallest absolute Gasteiger partial charge is 0.231 e. The van der Waals surface area contributed by atoms with Crippen molar-refractivity contribution in [3.8, 4) is 11.5 Å². The van der Waals surface area contributed by atoms with Gasteiger partial charge in [-0.3, -0.25) is 4.79 Å². The van der Waals surface area contributed by atoms with E-state index in [0.717, 1.165) is 43.7 Å². The van der Waals surface area contributed by atoms with Crippen LogP contribution in [-0.2, 0) is 4.79 Å². The van der Waals surface area contributed by atoms with E-state index >= 15 is 0 Å². The van der Waals surface area contributed by atoms with Crippen molar-refractivity contribution in [1.82, 2.24) is 4.90 Å². The van der Waals surface area contributed by atoms with Gasteiger partial charge in [0, 0.05) is 12.5 Å². The molecule has 1 amide bonds. The summed E-state index contributed by atoms with van der Waals surface area (Å²) < 4.78 is 10.8. The van der Waals surface area contributed by atoms with Gasteiger partial charge in [-0.2, -0.15) is 0 Å². The fourth-order valence-corrected chi connectivity index (χ4v) is 3.90. The summed E-state index contributed by atoms with van der Waals surface area (Å²) in [6.07, 6.45) is 6.71. The van der Waals surface area contributed by atoms with E-state index in [1.165, 1.54) is 18.4 Å². The molecule has 4 nitrogen and oxygen atoms in total. The van der Waals surface area contributed by atoms with E-state index in [1.54, 1.807) is 0 Å². The largest absolute Gasteiger partial charge is 0.454 e. The normalized spacial score (nSPS) is 24.8. The van der Waals surface area contributed by atoms with E-state index in [0.29, 0.717) is 12.7 Å². The Bertz CT molecular complexity index is 551. The lowest BCUT2D eigenvalue weighted by atomic mass is 10.0. The monoisotopic (exact) mass is 287 g/mol. The molecular formula is C17H21NO3. The zero-order valence-electron chi connectivity index (χ0n) is 12.2. The molecule has 0 radical (unpaired) electrons. The molecule has 1 saturated heterocycles. The molecule has 2 fully saturated rings. The molecule has 0 aromatic heterocycles. The summed E-state index contributed by atoms with van der Waals surface area (Å²) in [5, 5.41) is 0. The van der Waals surface area contributed by atoms with E-state index in [9.17, 15) is 4.79 Å². The average Bonchev–Trinajstić information content (AvgIpc) is 3.24. The summed E-state index contributed by atoms with van der Waals surface area (Å²) in [4.78, 5) is 14.8. The third kappa shape index (κ3) is 2.27. The maximum atomic E-state index is 12.7. The number of hydrogen-bond acceptors (Lipinski definition) is 3. The van der Waals surface area contributed by atoms with Crippen LogP contribution in [0.5, 0.6) is 11.5 Å². The number of carbonyl (C=O) groups excluding carboxylic acids is 1. The van der Waals surface area contributed by atoms with Crippen molar-refractivity contribution < 1.29 is 14.3 Å². The third-order valence-electron chi connectivity index (χ3n) is 5.02. The van der Waals surface area contributed by atoms with Crippen LogP contribution in [0.2, 0.25) is 0 Å². The van der Waals surface area contributed by atoms with Crippen molar-refractivity contribution in [2.24, 2.45) is 5.92 Å². The minimum atomic E-state index is 0.215. The highest BCUT2D eigenvalue weighted by Gasteiger charge is 2.35. The topological polar surface area (TPSA) is 38.8 Å². The molecule has 0 spiro atoms. The van der Waals surface area contributed by atoms with Crippen LogP contribution in [0.3, 0.4) is 0 Å². The molecule has 112 valence electrons. The number of rotatable bonds is 2. The standard InChI is InChI=1S/C17H21NO3/c19-17(12-4-1-2-5-12)18-9-3-6-14(18)13-7-8-15-16(10-13)21-11-20-15/h7-8,10,12,14H,1-6,9,11H2/t14-/m0/s1. The molecule has 4 heteroatoms. The van der Waals surface area contributed by atoms with Gasteiger partial charge in [-0.15, -0.1) is 0 Å². The number of carbonyl (C=O) groups is 1. The van der Waals surface area contributed by atoms with E-state index in [2.05, 4.69) is 11.0 Å². The van der Waals surface area contributed by atoms with Gasteiger partial charge in [0.15, 0.2) is 11.5 Å². The Labute approximate surface area is 125 Å². The summed E-state index contributed by atoms with van der Waals surface area (Å²) >= 11 is 0. The SMILES string of the molecule is O=C(C1CCCC1)N1CCC[C@H]1c1ccc2c(c1)OCO2. The van der Waals surface area contributed by atoms with Gasteiger partial charge >= 0.3 is 0 Å². The summed E-state index contributed by atoms with van der Waals surface area (Å²) in [6, 6.07) is 6.31. The second kappa shape index (κ2) is 5.24. The van der Waals surface area contributed by atoms with Crippen LogP contribution in [0.4, 0.5) is 0 Å². The summed E-state index contributed by atoms with van der Waals surface area (Å²) in [5.74, 6) is 2.25. The second-order valence-corrected chi connectivity index (χ2v) is 6.28. The number of ether oxygens (including phenoxy) is 2. The van der Waals surface area contributed by atoms with Gasteiger partial charge in [0.1, 0.15) is 0 Å². The molecule has 3 aliphatic rings. The molecule has 0 bridgehead atoms. The molecule has 1 aromatic rings. The van der Waals surface area contributed by atoms with Gasteiger partial charge in [-0.1, -0.05) is 18.9 Å². The first kappa shape index (κ1) is 13.0. The fraction of sp³-hybridized carbons (Fsp3) is 0.588. The van der Waals surface area contributed by atoms with E-state index in [4.69, 9.17) is 9.47 Å². The lowest BCUT2D eigenvalue weighted by Crippen LogP contribution is -2.34. The highest BCUT2D eigenvalue weighted by atomic mass is 16.7. The first-order chi connectivity index (χ1) is 10.3. The Kier molecular flexibility index (Phi) is 3.24. The fourth-order valence-electron chi connectivity index (χ4n) is 3.90. The second-order valence-electron chi connectivity index (χ2n) is 6.28. The number of benzene rings is 1. The Hall–Kier alpha value is -1.71. The van der Waals surface area contributed by atoms with Crippen molar-refractivity contribution in [2.75, 3.05) is 13.3 Å². The molecule has 2 heterocycles. The van der Waals surface area contributed by atoms with Crippen molar-refractivity contribution in [3.05, 3.63) is 23.8 Å². The lowest BCUT2D eigenvalue weighted by Gasteiger charge is -2.28. The van der Waals surface area contributed by atoms with E-state index < -0.39 is 0 Å². The predicted octanol–water partition coefficient (Wildman–Crippen LogP) is 3.27. The van der Waals surface area contributed by atoms with Gasteiger partial charge in [-0.25, -0.2) is 0 Å². The van der Waals surface area contributed by atoms with Crippen LogP contribution >= 0.6 is 0 Å². The molecular weight excluding hydrogens is 266 g/mol. The number of nitrogens with zero attached hydrogens (tertiary/aromatic N) is 1. The quantitative estimate of drug-likeness (QED) is 0.838. The van der Waals surface area contributed by atoms with Gasteiger partial charge < -0.3 is 14.4 Å². The van der Waals surface area contributed by atoms with Crippen molar-refractivity contribution in [1.29, 1.82) is 0 Å². The van der Waals surface area contributed by atoms with Gasteiger partial charge in [-0.05, 0) is 43.4 Å². The van der Waals surface area contributed by atoms with Gasteiger partial charge in [0.05, 0.1) is 6.04 Å². The number of amides is 1.